The van der Waals surface area contributed by atoms with Crippen molar-refractivity contribution in [3.63, 3.8) is 0 Å². The Kier molecular flexibility index (Phi) is 7.25. The number of nitrogens with one attached hydrogen (secondary N) is 2. The summed E-state index contributed by atoms with van der Waals surface area (Å²) in [6.45, 7) is 2.33. The van der Waals surface area contributed by atoms with E-state index in [1.165, 1.54) is 12.8 Å². The zero-order valence-electron chi connectivity index (χ0n) is 15.8. The molecule has 2 aliphatic rings. The number of carbonyl (C=O) groups excluding carboxylic acids is 1. The molecule has 1 atom stereocenters. The van der Waals surface area contributed by atoms with Gasteiger partial charge in [-0.3, -0.25) is 9.79 Å². The third-order valence-corrected chi connectivity index (χ3v) is 5.83. The Bertz CT molecular complexity index is 668. The normalized spacial score (nSPS) is 20.9. The van der Waals surface area contributed by atoms with Gasteiger partial charge in [0.25, 0.3) is 0 Å². The predicted octanol–water partition coefficient (Wildman–Crippen LogP) is 3.49. The maximum Gasteiger partial charge on any atom is 0.225 e. The van der Waals surface area contributed by atoms with E-state index in [-0.39, 0.29) is 12.0 Å². The van der Waals surface area contributed by atoms with E-state index in [0.717, 1.165) is 56.8 Å². The Morgan fingerprint density at radius 1 is 1.19 bits per heavy atom. The lowest BCUT2D eigenvalue weighted by Crippen LogP contribution is -2.45. The van der Waals surface area contributed by atoms with E-state index in [0.29, 0.717) is 16.0 Å². The van der Waals surface area contributed by atoms with Crippen LogP contribution in [0.15, 0.2) is 23.2 Å². The molecule has 27 heavy (non-hydrogen) atoms. The first kappa shape index (κ1) is 20.3. The van der Waals surface area contributed by atoms with Gasteiger partial charge in [0.15, 0.2) is 5.96 Å². The quantitative estimate of drug-likeness (QED) is 0.576. The summed E-state index contributed by atoms with van der Waals surface area (Å²) >= 11 is 12.1. The van der Waals surface area contributed by atoms with Crippen molar-refractivity contribution in [2.75, 3.05) is 26.7 Å². The molecule has 0 radical (unpaired) electrons. The first-order valence-corrected chi connectivity index (χ1v) is 10.5. The van der Waals surface area contributed by atoms with Gasteiger partial charge in [-0.05, 0) is 49.4 Å². The standard InChI is InChI=1S/C20H28Cl2N4O/c1-23-20(24-8-6-14-10-16(21)12-17(22)11-14)25-18-7-9-26(13-18)19(27)15-4-2-3-5-15/h10-12,15,18H,2-9,13H2,1H3,(H2,23,24,25). The van der Waals surface area contributed by atoms with Gasteiger partial charge in [0.05, 0.1) is 0 Å². The van der Waals surface area contributed by atoms with Crippen molar-refractivity contribution >= 4 is 35.1 Å². The minimum atomic E-state index is 0.252. The van der Waals surface area contributed by atoms with Crippen LogP contribution in [0.5, 0.6) is 0 Å². The van der Waals surface area contributed by atoms with Gasteiger partial charge in [0, 0.05) is 48.7 Å². The van der Waals surface area contributed by atoms with E-state index < -0.39 is 0 Å². The predicted molar refractivity (Wildman–Crippen MR) is 112 cm³/mol. The molecule has 1 saturated heterocycles. The summed E-state index contributed by atoms with van der Waals surface area (Å²) in [5, 5.41) is 8.08. The molecule has 0 aromatic heterocycles. The lowest BCUT2D eigenvalue weighted by molar-refractivity contribution is -0.134. The number of nitrogens with zero attached hydrogens (tertiary/aromatic N) is 2. The minimum Gasteiger partial charge on any atom is -0.356 e. The molecule has 1 aromatic rings. The van der Waals surface area contributed by atoms with Gasteiger partial charge < -0.3 is 15.5 Å². The molecular weight excluding hydrogens is 383 g/mol. The van der Waals surface area contributed by atoms with Crippen LogP contribution in [0.3, 0.4) is 0 Å². The van der Waals surface area contributed by atoms with Crippen molar-refractivity contribution in [1.29, 1.82) is 0 Å². The zero-order valence-corrected chi connectivity index (χ0v) is 17.3. The molecular formula is C20H28Cl2N4O. The van der Waals surface area contributed by atoms with Crippen LogP contribution in [0.4, 0.5) is 0 Å². The molecule has 0 spiro atoms. The second kappa shape index (κ2) is 9.65. The van der Waals surface area contributed by atoms with Crippen LogP contribution in [-0.4, -0.2) is 49.5 Å². The zero-order chi connectivity index (χ0) is 19.2. The summed E-state index contributed by atoms with van der Waals surface area (Å²) < 4.78 is 0. The number of carbonyl (C=O) groups is 1. The SMILES string of the molecule is CN=C(NCCc1cc(Cl)cc(Cl)c1)NC1CCN(C(=O)C2CCCC2)C1. The minimum absolute atomic E-state index is 0.252. The number of guanidine groups is 1. The van der Waals surface area contributed by atoms with Crippen LogP contribution in [0.1, 0.15) is 37.7 Å². The molecule has 148 valence electrons. The van der Waals surface area contributed by atoms with Gasteiger partial charge >= 0.3 is 0 Å². The Hall–Kier alpha value is -1.46. The topological polar surface area (TPSA) is 56.7 Å². The van der Waals surface area contributed by atoms with Crippen LogP contribution in [-0.2, 0) is 11.2 Å². The Labute approximate surface area is 171 Å². The number of halogens is 2. The average Bonchev–Trinajstić information content (AvgIpc) is 3.31. The van der Waals surface area contributed by atoms with Crippen molar-refractivity contribution in [1.82, 2.24) is 15.5 Å². The van der Waals surface area contributed by atoms with Crippen molar-refractivity contribution in [2.45, 2.75) is 44.6 Å². The van der Waals surface area contributed by atoms with Crippen molar-refractivity contribution in [2.24, 2.45) is 10.9 Å². The fourth-order valence-corrected chi connectivity index (χ4v) is 4.55. The summed E-state index contributed by atoms with van der Waals surface area (Å²) in [4.78, 5) is 18.9. The van der Waals surface area contributed by atoms with Crippen LogP contribution in [0.25, 0.3) is 0 Å². The van der Waals surface area contributed by atoms with Gasteiger partial charge in [0.1, 0.15) is 0 Å². The molecule has 7 heteroatoms. The number of benzene rings is 1. The smallest absolute Gasteiger partial charge is 0.225 e. The van der Waals surface area contributed by atoms with Gasteiger partial charge in [-0.25, -0.2) is 0 Å². The summed E-state index contributed by atoms with van der Waals surface area (Å²) in [7, 11) is 1.77. The highest BCUT2D eigenvalue weighted by atomic mass is 35.5. The van der Waals surface area contributed by atoms with E-state index in [4.69, 9.17) is 23.2 Å². The van der Waals surface area contributed by atoms with Crippen molar-refractivity contribution in [3.05, 3.63) is 33.8 Å². The fraction of sp³-hybridized carbons (Fsp3) is 0.600. The molecule has 1 heterocycles. The number of likely N-dealkylation sites (tertiary alicyclic amines) is 1. The Morgan fingerprint density at radius 2 is 1.89 bits per heavy atom. The van der Waals surface area contributed by atoms with Crippen LogP contribution in [0, 0.1) is 5.92 Å². The third kappa shape index (κ3) is 5.76. The molecule has 1 saturated carbocycles. The number of hydrogen-bond donors (Lipinski definition) is 2. The maximum absolute atomic E-state index is 12.6. The van der Waals surface area contributed by atoms with E-state index in [9.17, 15) is 4.79 Å². The molecule has 2 fully saturated rings. The summed E-state index contributed by atoms with van der Waals surface area (Å²) in [5.41, 5.74) is 1.09. The summed E-state index contributed by atoms with van der Waals surface area (Å²) in [6.07, 6.45) is 6.27. The van der Waals surface area contributed by atoms with Crippen LogP contribution >= 0.6 is 23.2 Å². The van der Waals surface area contributed by atoms with E-state index in [1.54, 1.807) is 13.1 Å². The maximum atomic E-state index is 12.6. The van der Waals surface area contributed by atoms with E-state index >= 15 is 0 Å². The number of amides is 1. The molecule has 1 unspecified atom stereocenters. The lowest BCUT2D eigenvalue weighted by Gasteiger charge is -2.21. The van der Waals surface area contributed by atoms with Crippen molar-refractivity contribution < 1.29 is 4.79 Å². The highest BCUT2D eigenvalue weighted by Gasteiger charge is 2.32. The molecule has 1 amide bonds. The number of aliphatic imine (C=N–C) groups is 1. The second-order valence-corrected chi connectivity index (χ2v) is 8.30. The Balaban J connectivity index is 1.43. The molecule has 3 rings (SSSR count). The first-order valence-electron chi connectivity index (χ1n) is 9.76. The van der Waals surface area contributed by atoms with Gasteiger partial charge in [-0.2, -0.15) is 0 Å². The largest absolute Gasteiger partial charge is 0.356 e. The second-order valence-electron chi connectivity index (χ2n) is 7.42. The van der Waals surface area contributed by atoms with Gasteiger partial charge in [-0.1, -0.05) is 36.0 Å². The van der Waals surface area contributed by atoms with Gasteiger partial charge in [-0.15, -0.1) is 0 Å². The fourth-order valence-electron chi connectivity index (χ4n) is 3.98. The molecule has 1 aliphatic carbocycles. The Morgan fingerprint density at radius 3 is 2.56 bits per heavy atom. The highest BCUT2D eigenvalue weighted by molar-refractivity contribution is 6.34. The summed E-state index contributed by atoms with van der Waals surface area (Å²) in [5.74, 6) is 1.37. The molecule has 1 aliphatic heterocycles. The van der Waals surface area contributed by atoms with E-state index in [1.807, 2.05) is 17.0 Å². The highest BCUT2D eigenvalue weighted by Crippen LogP contribution is 2.27. The lowest BCUT2D eigenvalue weighted by atomic mass is 10.1. The number of hydrogen-bond acceptors (Lipinski definition) is 2. The average molecular weight is 411 g/mol. The van der Waals surface area contributed by atoms with Crippen LogP contribution < -0.4 is 10.6 Å². The molecule has 5 nitrogen and oxygen atoms in total. The van der Waals surface area contributed by atoms with Gasteiger partial charge in [0.2, 0.25) is 5.91 Å². The molecule has 0 bridgehead atoms. The first-order chi connectivity index (χ1) is 13.0. The van der Waals surface area contributed by atoms with Crippen molar-refractivity contribution in [3.8, 4) is 0 Å². The number of rotatable bonds is 5. The molecule has 1 aromatic carbocycles. The van der Waals surface area contributed by atoms with Crippen LogP contribution in [0.2, 0.25) is 10.0 Å². The third-order valence-electron chi connectivity index (χ3n) is 5.40. The molecule has 2 N–H and O–H groups in total. The van der Waals surface area contributed by atoms with E-state index in [2.05, 4.69) is 15.6 Å². The monoisotopic (exact) mass is 410 g/mol. The summed E-state index contributed by atoms with van der Waals surface area (Å²) in [6, 6.07) is 5.84.